The van der Waals surface area contributed by atoms with Gasteiger partial charge >= 0.3 is 5.97 Å². The average molecular weight is 532 g/mol. The van der Waals surface area contributed by atoms with E-state index in [2.05, 4.69) is 5.32 Å². The van der Waals surface area contributed by atoms with E-state index in [4.69, 9.17) is 39.8 Å². The predicted molar refractivity (Wildman–Crippen MR) is 130 cm³/mol. The Balaban J connectivity index is 1.71. The van der Waals surface area contributed by atoms with Crippen LogP contribution in [0.2, 0.25) is 10.0 Å². The Morgan fingerprint density at radius 2 is 1.89 bits per heavy atom. The summed E-state index contributed by atoms with van der Waals surface area (Å²) >= 11 is 17.1. The lowest BCUT2D eigenvalue weighted by atomic mass is 10.1. The van der Waals surface area contributed by atoms with Crippen molar-refractivity contribution in [3.8, 4) is 11.3 Å². The number of rotatable bonds is 5. The Hall–Kier alpha value is -4.06. The van der Waals surface area contributed by atoms with Gasteiger partial charge in [0.15, 0.2) is 5.11 Å². The molecule has 0 saturated carbocycles. The maximum atomic E-state index is 13.1. The highest BCUT2D eigenvalue weighted by Crippen LogP contribution is 2.37. The summed E-state index contributed by atoms with van der Waals surface area (Å²) in [5.74, 6) is -2.60. The normalized spacial score (nSPS) is 14.9. The first-order valence-electron chi connectivity index (χ1n) is 9.55. The third-order valence-electron chi connectivity index (χ3n) is 4.87. The minimum absolute atomic E-state index is 0.0687. The van der Waals surface area contributed by atoms with Gasteiger partial charge < -0.3 is 9.52 Å². The fraction of sp³-hybridized carbons (Fsp3) is 0. The Bertz CT molecular complexity index is 1480. The second-order valence-corrected chi connectivity index (χ2v) is 8.26. The summed E-state index contributed by atoms with van der Waals surface area (Å²) in [5, 5.41) is 22.5. The summed E-state index contributed by atoms with van der Waals surface area (Å²) in [6.07, 6.45) is 1.16. The first-order valence-corrected chi connectivity index (χ1v) is 10.7. The van der Waals surface area contributed by atoms with Crippen molar-refractivity contribution in [2.75, 3.05) is 4.90 Å². The lowest BCUT2D eigenvalue weighted by Crippen LogP contribution is -2.54. The van der Waals surface area contributed by atoms with Gasteiger partial charge in [-0.05, 0) is 54.7 Å². The molecule has 0 aliphatic carbocycles. The number of benzene rings is 2. The molecule has 0 radical (unpaired) electrons. The van der Waals surface area contributed by atoms with Crippen LogP contribution >= 0.6 is 35.4 Å². The van der Waals surface area contributed by atoms with Crippen LogP contribution < -0.4 is 10.2 Å². The molecule has 3 aromatic rings. The minimum atomic E-state index is -1.20. The van der Waals surface area contributed by atoms with Crippen LogP contribution in [0.5, 0.6) is 0 Å². The maximum absolute atomic E-state index is 13.1. The number of nitrogens with one attached hydrogen (secondary N) is 1. The van der Waals surface area contributed by atoms with Gasteiger partial charge in [0.1, 0.15) is 22.1 Å². The van der Waals surface area contributed by atoms with E-state index < -0.39 is 22.7 Å². The number of hydrogen-bond acceptors (Lipinski definition) is 7. The van der Waals surface area contributed by atoms with Crippen LogP contribution in [0.25, 0.3) is 17.4 Å². The molecule has 2 N–H and O–H groups in total. The monoisotopic (exact) mass is 531 g/mol. The van der Waals surface area contributed by atoms with Crippen LogP contribution in [0.1, 0.15) is 16.1 Å². The summed E-state index contributed by atoms with van der Waals surface area (Å²) < 4.78 is 5.66. The van der Waals surface area contributed by atoms with E-state index >= 15 is 0 Å². The van der Waals surface area contributed by atoms with Gasteiger partial charge in [0, 0.05) is 11.6 Å². The molecule has 176 valence electrons. The Morgan fingerprint density at radius 3 is 2.57 bits per heavy atom. The number of hydrogen-bond donors (Lipinski definition) is 2. The van der Waals surface area contributed by atoms with Gasteiger partial charge in [0.2, 0.25) is 0 Å². The fourth-order valence-electron chi connectivity index (χ4n) is 3.25. The van der Waals surface area contributed by atoms with Gasteiger partial charge in [-0.3, -0.25) is 29.9 Å². The minimum Gasteiger partial charge on any atom is -0.478 e. The quantitative estimate of drug-likeness (QED) is 0.158. The van der Waals surface area contributed by atoms with E-state index in [1.54, 1.807) is 0 Å². The lowest BCUT2D eigenvalue weighted by molar-refractivity contribution is -0.384. The van der Waals surface area contributed by atoms with Crippen molar-refractivity contribution in [2.45, 2.75) is 0 Å². The molecule has 13 heteroatoms. The molecule has 1 aliphatic heterocycles. The van der Waals surface area contributed by atoms with Crippen molar-refractivity contribution in [1.82, 2.24) is 5.32 Å². The van der Waals surface area contributed by atoms with Crippen LogP contribution in [0, 0.1) is 10.1 Å². The summed E-state index contributed by atoms with van der Waals surface area (Å²) in [6.45, 7) is 0. The van der Waals surface area contributed by atoms with Crippen molar-refractivity contribution in [3.05, 3.63) is 85.6 Å². The molecular formula is C22H11Cl2N3O7S. The fourth-order valence-corrected chi connectivity index (χ4v) is 4.08. The summed E-state index contributed by atoms with van der Waals surface area (Å²) in [5.41, 5.74) is -0.471. The Morgan fingerprint density at radius 1 is 1.14 bits per heavy atom. The SMILES string of the molecule is O=C1NC(=S)N(c2cccc(C(=O)O)c2)C(=O)C1=Cc1ccc(-c2cc([N+](=O)[O-])c(Cl)cc2Cl)o1. The predicted octanol–water partition coefficient (Wildman–Crippen LogP) is 4.69. The second-order valence-electron chi connectivity index (χ2n) is 7.06. The van der Waals surface area contributed by atoms with Gasteiger partial charge in [-0.1, -0.05) is 29.3 Å². The third kappa shape index (κ3) is 4.64. The van der Waals surface area contributed by atoms with Gasteiger partial charge in [-0.15, -0.1) is 0 Å². The number of carboxylic acid groups (broad SMARTS) is 1. The zero-order valence-electron chi connectivity index (χ0n) is 17.2. The van der Waals surface area contributed by atoms with Crippen LogP contribution in [0.15, 0.2) is 58.5 Å². The molecule has 1 saturated heterocycles. The lowest BCUT2D eigenvalue weighted by Gasteiger charge is -2.28. The molecule has 2 amide bonds. The van der Waals surface area contributed by atoms with Crippen LogP contribution in [0.4, 0.5) is 11.4 Å². The van der Waals surface area contributed by atoms with Gasteiger partial charge in [0.05, 0.1) is 21.2 Å². The highest BCUT2D eigenvalue weighted by Gasteiger charge is 2.35. The van der Waals surface area contributed by atoms with E-state index in [0.717, 1.165) is 17.0 Å². The second kappa shape index (κ2) is 9.29. The number of halogens is 2. The van der Waals surface area contributed by atoms with Crippen molar-refractivity contribution in [1.29, 1.82) is 0 Å². The molecular weight excluding hydrogens is 521 g/mol. The topological polar surface area (TPSA) is 143 Å². The van der Waals surface area contributed by atoms with Crippen molar-refractivity contribution in [2.24, 2.45) is 0 Å². The molecule has 2 heterocycles. The first-order chi connectivity index (χ1) is 16.6. The zero-order chi connectivity index (χ0) is 25.4. The number of nitro groups is 1. The molecule has 1 fully saturated rings. The van der Waals surface area contributed by atoms with E-state index in [1.165, 1.54) is 42.5 Å². The average Bonchev–Trinajstić information content (AvgIpc) is 3.25. The molecule has 1 aromatic heterocycles. The standard InChI is InChI=1S/C22H11Cl2N3O7S/c23-15-9-16(24)17(27(32)33)8-13(15)18-5-4-12(34-18)7-14-19(28)25-22(35)26(20(14)29)11-3-1-2-10(6-11)21(30)31/h1-9H,(H,30,31)(H,25,28,35). The Kier molecular flexibility index (Phi) is 6.39. The molecule has 0 unspecified atom stereocenters. The first kappa shape index (κ1) is 24.1. The highest BCUT2D eigenvalue weighted by molar-refractivity contribution is 7.80. The Labute approximate surface area is 211 Å². The van der Waals surface area contributed by atoms with Crippen LogP contribution in [0.3, 0.4) is 0 Å². The molecule has 0 spiro atoms. The molecule has 0 bridgehead atoms. The highest BCUT2D eigenvalue weighted by atomic mass is 35.5. The molecule has 35 heavy (non-hydrogen) atoms. The third-order valence-corrected chi connectivity index (χ3v) is 5.77. The largest absolute Gasteiger partial charge is 0.478 e. The summed E-state index contributed by atoms with van der Waals surface area (Å²) in [6, 6.07) is 10.7. The van der Waals surface area contributed by atoms with Crippen LogP contribution in [-0.4, -0.2) is 32.9 Å². The number of nitro benzene ring substituents is 1. The number of aromatic carboxylic acids is 1. The summed E-state index contributed by atoms with van der Waals surface area (Å²) in [7, 11) is 0. The number of nitrogens with zero attached hydrogens (tertiary/aromatic N) is 2. The number of thiocarbonyl (C=S) groups is 1. The van der Waals surface area contributed by atoms with Crippen molar-refractivity contribution < 1.29 is 28.8 Å². The van der Waals surface area contributed by atoms with Crippen molar-refractivity contribution in [3.63, 3.8) is 0 Å². The molecule has 0 atom stereocenters. The molecule has 10 nitrogen and oxygen atoms in total. The molecule has 4 rings (SSSR count). The van der Waals surface area contributed by atoms with Crippen LogP contribution in [-0.2, 0) is 9.59 Å². The smallest absolute Gasteiger partial charge is 0.335 e. The molecule has 2 aromatic carbocycles. The number of carbonyl (C=O) groups excluding carboxylic acids is 2. The van der Waals surface area contributed by atoms with E-state index in [9.17, 15) is 29.6 Å². The number of amides is 2. The van der Waals surface area contributed by atoms with Crippen molar-refractivity contribution >= 4 is 75.8 Å². The number of carboxylic acids is 1. The van der Waals surface area contributed by atoms with Gasteiger partial charge in [0.25, 0.3) is 17.5 Å². The van der Waals surface area contributed by atoms with E-state index in [0.29, 0.717) is 0 Å². The van der Waals surface area contributed by atoms with E-state index in [1.807, 2.05) is 0 Å². The summed E-state index contributed by atoms with van der Waals surface area (Å²) in [4.78, 5) is 48.4. The number of furan rings is 1. The van der Waals surface area contributed by atoms with Gasteiger partial charge in [-0.25, -0.2) is 4.79 Å². The number of carbonyl (C=O) groups is 3. The molecule has 1 aliphatic rings. The number of anilines is 1. The maximum Gasteiger partial charge on any atom is 0.335 e. The van der Waals surface area contributed by atoms with E-state index in [-0.39, 0.29) is 54.8 Å². The van der Waals surface area contributed by atoms with Gasteiger partial charge in [-0.2, -0.15) is 0 Å². The zero-order valence-corrected chi connectivity index (χ0v) is 19.5.